The molecule has 0 bridgehead atoms. The van der Waals surface area contributed by atoms with Crippen LogP contribution in [0.25, 0.3) is 0 Å². The summed E-state index contributed by atoms with van der Waals surface area (Å²) < 4.78 is 35.6. The molecule has 70 valence electrons. The van der Waals surface area contributed by atoms with Gasteiger partial charge in [-0.1, -0.05) is 12.2 Å². The molecule has 1 N–H and O–H groups in total. The van der Waals surface area contributed by atoms with Crippen LogP contribution in [0, 0.1) is 5.92 Å². The highest BCUT2D eigenvalue weighted by molar-refractivity contribution is 5.71. The second-order valence-electron chi connectivity index (χ2n) is 2.24. The molecule has 0 aliphatic carbocycles. The first-order valence-electron chi connectivity index (χ1n) is 3.30. The summed E-state index contributed by atoms with van der Waals surface area (Å²) in [5, 5.41) is 8.18. The molecule has 1 unspecified atom stereocenters. The van der Waals surface area contributed by atoms with E-state index in [4.69, 9.17) is 5.11 Å². The quantitative estimate of drug-likeness (QED) is 0.679. The maximum Gasteiger partial charge on any atom is 0.402 e. The van der Waals surface area contributed by atoms with Gasteiger partial charge in [-0.25, -0.2) is 0 Å². The van der Waals surface area contributed by atoms with E-state index < -0.39 is 24.5 Å². The Balaban J connectivity index is 4.35. The zero-order valence-corrected chi connectivity index (χ0v) is 6.43. The topological polar surface area (TPSA) is 37.3 Å². The normalized spacial score (nSPS) is 15.0. The number of halogens is 3. The molecular weight excluding hydrogens is 173 g/mol. The van der Waals surface area contributed by atoms with Crippen molar-refractivity contribution in [3.05, 3.63) is 12.2 Å². The standard InChI is InChI=1S/C7H9F3O2/c1-2-3-4-5(6(11)12)7(8,9)10/h2-3,5H,4H2,1H3,(H,11,12). The van der Waals surface area contributed by atoms with Crippen LogP contribution in [-0.2, 0) is 4.79 Å². The Bertz CT molecular complexity index is 184. The van der Waals surface area contributed by atoms with Crippen LogP contribution in [0.4, 0.5) is 13.2 Å². The Morgan fingerprint density at radius 1 is 1.58 bits per heavy atom. The molecule has 12 heavy (non-hydrogen) atoms. The number of allylic oxidation sites excluding steroid dienone is 2. The average Bonchev–Trinajstić information content (AvgIpc) is 1.84. The van der Waals surface area contributed by atoms with Crippen LogP contribution in [0.2, 0.25) is 0 Å². The van der Waals surface area contributed by atoms with E-state index in [9.17, 15) is 18.0 Å². The Morgan fingerprint density at radius 3 is 2.33 bits per heavy atom. The van der Waals surface area contributed by atoms with Crippen LogP contribution in [0.1, 0.15) is 13.3 Å². The summed E-state index contributed by atoms with van der Waals surface area (Å²) in [5.74, 6) is -4.12. The average molecular weight is 182 g/mol. The lowest BCUT2D eigenvalue weighted by molar-refractivity contribution is -0.192. The fraction of sp³-hybridized carbons (Fsp3) is 0.571. The maximum absolute atomic E-state index is 11.9. The third-order valence-corrected chi connectivity index (χ3v) is 1.30. The molecule has 0 saturated heterocycles. The molecule has 0 rings (SSSR count). The predicted molar refractivity (Wildman–Crippen MR) is 36.6 cm³/mol. The van der Waals surface area contributed by atoms with Crippen LogP contribution >= 0.6 is 0 Å². The van der Waals surface area contributed by atoms with Gasteiger partial charge < -0.3 is 5.11 Å². The van der Waals surface area contributed by atoms with Crippen molar-refractivity contribution in [3.63, 3.8) is 0 Å². The van der Waals surface area contributed by atoms with E-state index in [-0.39, 0.29) is 0 Å². The van der Waals surface area contributed by atoms with Crippen LogP contribution in [-0.4, -0.2) is 17.3 Å². The van der Waals surface area contributed by atoms with Gasteiger partial charge in [0.2, 0.25) is 0 Å². The van der Waals surface area contributed by atoms with Gasteiger partial charge in [0.25, 0.3) is 0 Å². The van der Waals surface area contributed by atoms with Crippen molar-refractivity contribution in [3.8, 4) is 0 Å². The van der Waals surface area contributed by atoms with Gasteiger partial charge >= 0.3 is 12.1 Å². The Labute approximate surface area is 67.7 Å². The second kappa shape index (κ2) is 4.13. The first-order chi connectivity index (χ1) is 5.39. The molecule has 0 aromatic heterocycles. The predicted octanol–water partition coefficient (Wildman–Crippen LogP) is 2.22. The summed E-state index contributed by atoms with van der Waals surface area (Å²) in [7, 11) is 0. The lowest BCUT2D eigenvalue weighted by atomic mass is 10.1. The first-order valence-corrected chi connectivity index (χ1v) is 3.30. The highest BCUT2D eigenvalue weighted by Gasteiger charge is 2.43. The molecule has 0 aromatic carbocycles. The molecule has 5 heteroatoms. The summed E-state index contributed by atoms with van der Waals surface area (Å²) in [6.07, 6.45) is -2.59. The summed E-state index contributed by atoms with van der Waals surface area (Å²) in [6.45, 7) is 1.54. The number of aliphatic carboxylic acids is 1. The highest BCUT2D eigenvalue weighted by Crippen LogP contribution is 2.29. The Kier molecular flexibility index (Phi) is 3.79. The minimum absolute atomic E-state index is 0.505. The number of rotatable bonds is 3. The van der Waals surface area contributed by atoms with Crippen LogP contribution in [0.3, 0.4) is 0 Å². The summed E-state index contributed by atoms with van der Waals surface area (Å²) >= 11 is 0. The van der Waals surface area contributed by atoms with Crippen molar-refractivity contribution >= 4 is 5.97 Å². The fourth-order valence-corrected chi connectivity index (χ4v) is 0.647. The molecule has 2 nitrogen and oxygen atoms in total. The molecule has 0 fully saturated rings. The van der Waals surface area contributed by atoms with Crippen molar-refractivity contribution in [1.29, 1.82) is 0 Å². The van der Waals surface area contributed by atoms with E-state index in [0.29, 0.717) is 0 Å². The third-order valence-electron chi connectivity index (χ3n) is 1.30. The van der Waals surface area contributed by atoms with Gasteiger partial charge in [0.15, 0.2) is 5.92 Å². The molecule has 0 aliphatic rings. The summed E-state index contributed by atoms with van der Waals surface area (Å²) in [6, 6.07) is 0. The van der Waals surface area contributed by atoms with Gasteiger partial charge in [-0.2, -0.15) is 13.2 Å². The van der Waals surface area contributed by atoms with Gasteiger partial charge in [0, 0.05) is 0 Å². The monoisotopic (exact) mass is 182 g/mol. The molecule has 0 spiro atoms. The molecule has 0 aliphatic heterocycles. The van der Waals surface area contributed by atoms with Crippen molar-refractivity contribution in [2.45, 2.75) is 19.5 Å². The summed E-state index contributed by atoms with van der Waals surface area (Å²) in [5.41, 5.74) is 0. The summed E-state index contributed by atoms with van der Waals surface area (Å²) in [4.78, 5) is 10.1. The number of carboxylic acid groups (broad SMARTS) is 1. The van der Waals surface area contributed by atoms with Crippen molar-refractivity contribution in [2.24, 2.45) is 5.92 Å². The van der Waals surface area contributed by atoms with Gasteiger partial charge in [-0.05, 0) is 13.3 Å². The van der Waals surface area contributed by atoms with E-state index in [1.165, 1.54) is 19.1 Å². The van der Waals surface area contributed by atoms with Gasteiger partial charge in [0.1, 0.15) is 0 Å². The molecule has 0 saturated carbocycles. The molecular formula is C7H9F3O2. The zero-order chi connectivity index (χ0) is 9.78. The van der Waals surface area contributed by atoms with E-state index in [0.717, 1.165) is 0 Å². The molecule has 0 heterocycles. The SMILES string of the molecule is CC=CCC(C(=O)O)C(F)(F)F. The lowest BCUT2D eigenvalue weighted by Gasteiger charge is -2.13. The number of alkyl halides is 3. The minimum atomic E-state index is -4.66. The number of hydrogen-bond donors (Lipinski definition) is 1. The van der Waals surface area contributed by atoms with Gasteiger partial charge in [0.05, 0.1) is 0 Å². The number of carboxylic acids is 1. The zero-order valence-electron chi connectivity index (χ0n) is 6.43. The Hall–Kier alpha value is -1.00. The smallest absolute Gasteiger partial charge is 0.402 e. The van der Waals surface area contributed by atoms with Crippen molar-refractivity contribution in [1.82, 2.24) is 0 Å². The fourth-order valence-electron chi connectivity index (χ4n) is 0.647. The van der Waals surface area contributed by atoms with Gasteiger partial charge in [-0.15, -0.1) is 0 Å². The van der Waals surface area contributed by atoms with Crippen molar-refractivity contribution < 1.29 is 23.1 Å². The van der Waals surface area contributed by atoms with E-state index >= 15 is 0 Å². The number of carbonyl (C=O) groups is 1. The molecule has 0 aromatic rings. The van der Waals surface area contributed by atoms with E-state index in [1.807, 2.05) is 0 Å². The van der Waals surface area contributed by atoms with E-state index in [1.54, 1.807) is 0 Å². The minimum Gasteiger partial charge on any atom is -0.481 e. The van der Waals surface area contributed by atoms with Crippen LogP contribution < -0.4 is 0 Å². The maximum atomic E-state index is 11.9. The van der Waals surface area contributed by atoms with E-state index in [2.05, 4.69) is 0 Å². The molecule has 0 amide bonds. The second-order valence-corrected chi connectivity index (χ2v) is 2.24. The largest absolute Gasteiger partial charge is 0.481 e. The molecule has 0 radical (unpaired) electrons. The van der Waals surface area contributed by atoms with Gasteiger partial charge in [-0.3, -0.25) is 4.79 Å². The molecule has 1 atom stereocenters. The van der Waals surface area contributed by atoms with Crippen molar-refractivity contribution in [2.75, 3.05) is 0 Å². The Morgan fingerprint density at radius 2 is 2.08 bits per heavy atom. The lowest BCUT2D eigenvalue weighted by Crippen LogP contribution is -2.29. The third kappa shape index (κ3) is 3.41. The first kappa shape index (κ1) is 11.0. The van der Waals surface area contributed by atoms with Crippen LogP contribution in [0.15, 0.2) is 12.2 Å². The highest BCUT2D eigenvalue weighted by atomic mass is 19.4. The number of hydrogen-bond acceptors (Lipinski definition) is 1. The van der Waals surface area contributed by atoms with Crippen LogP contribution in [0.5, 0.6) is 0 Å².